The summed E-state index contributed by atoms with van der Waals surface area (Å²) < 4.78 is 13.5. The van der Waals surface area contributed by atoms with Crippen LogP contribution >= 0.6 is 0 Å². The van der Waals surface area contributed by atoms with Gasteiger partial charge < -0.3 is 9.88 Å². The van der Waals surface area contributed by atoms with E-state index in [-0.39, 0.29) is 23.6 Å². The predicted octanol–water partition coefficient (Wildman–Crippen LogP) is 5.28. The summed E-state index contributed by atoms with van der Waals surface area (Å²) >= 11 is 0. The lowest BCUT2D eigenvalue weighted by Crippen LogP contribution is -2.32. The fourth-order valence-electron chi connectivity index (χ4n) is 4.61. The number of aromatic nitrogens is 3. The first-order chi connectivity index (χ1) is 15.5. The minimum Gasteiger partial charge on any atom is -0.334 e. The SMILES string of the molecule is Cc1cc(Cc2ccccc2C)cc([C@H]2CCCN2C(=O)c2nc3ccc(F)cc3[nH]2)n1. The normalized spacial score (nSPS) is 16.1. The second-order valence-electron chi connectivity index (χ2n) is 8.55. The molecule has 1 N–H and O–H groups in total. The number of nitrogens with one attached hydrogen (secondary N) is 1. The number of hydrogen-bond acceptors (Lipinski definition) is 3. The van der Waals surface area contributed by atoms with Gasteiger partial charge in [-0.05, 0) is 80.1 Å². The summed E-state index contributed by atoms with van der Waals surface area (Å²) in [6, 6.07) is 16.8. The third-order valence-electron chi connectivity index (χ3n) is 6.19. The van der Waals surface area contributed by atoms with Crippen LogP contribution in [-0.4, -0.2) is 32.3 Å². The van der Waals surface area contributed by atoms with Gasteiger partial charge in [0.15, 0.2) is 5.82 Å². The van der Waals surface area contributed by atoms with Gasteiger partial charge in [-0.15, -0.1) is 0 Å². The molecule has 0 bridgehead atoms. The zero-order valence-corrected chi connectivity index (χ0v) is 18.2. The Hall–Kier alpha value is -3.54. The van der Waals surface area contributed by atoms with E-state index in [2.05, 4.69) is 53.3 Å². The Kier molecular flexibility index (Phi) is 5.21. The van der Waals surface area contributed by atoms with Crippen molar-refractivity contribution >= 4 is 16.9 Å². The number of carbonyl (C=O) groups is 1. The molecule has 0 saturated carbocycles. The topological polar surface area (TPSA) is 61.9 Å². The van der Waals surface area contributed by atoms with Gasteiger partial charge in [0, 0.05) is 12.2 Å². The number of imidazole rings is 1. The number of carbonyl (C=O) groups excluding carboxylic acids is 1. The number of likely N-dealkylation sites (tertiary alicyclic amines) is 1. The highest BCUT2D eigenvalue weighted by Crippen LogP contribution is 2.33. The molecule has 1 amide bonds. The molecule has 4 aromatic rings. The standard InChI is InChI=1S/C26H25FN4O/c1-16-6-3-4-7-19(16)13-18-12-17(2)28-23(14-18)24-8-5-11-31(24)26(32)25-29-21-10-9-20(27)15-22(21)30-25/h3-4,6-7,9-10,12,14-15,24H,5,8,11,13H2,1-2H3,(H,29,30)/t24-/m1/s1. The quantitative estimate of drug-likeness (QED) is 0.481. The molecule has 3 heterocycles. The summed E-state index contributed by atoms with van der Waals surface area (Å²) in [4.78, 5) is 27.3. The van der Waals surface area contributed by atoms with Crippen LogP contribution in [-0.2, 0) is 6.42 Å². The number of H-pyrrole nitrogens is 1. The number of aromatic amines is 1. The Morgan fingerprint density at radius 3 is 2.81 bits per heavy atom. The third-order valence-corrected chi connectivity index (χ3v) is 6.19. The van der Waals surface area contributed by atoms with Crippen LogP contribution < -0.4 is 0 Å². The van der Waals surface area contributed by atoms with Crippen molar-refractivity contribution in [1.29, 1.82) is 0 Å². The highest BCUT2D eigenvalue weighted by atomic mass is 19.1. The van der Waals surface area contributed by atoms with E-state index in [1.807, 2.05) is 11.8 Å². The van der Waals surface area contributed by atoms with Gasteiger partial charge in [0.05, 0.1) is 22.8 Å². The molecule has 1 aliphatic rings. The summed E-state index contributed by atoms with van der Waals surface area (Å²) in [6.45, 7) is 4.78. The van der Waals surface area contributed by atoms with E-state index in [9.17, 15) is 9.18 Å². The largest absolute Gasteiger partial charge is 0.334 e. The molecule has 32 heavy (non-hydrogen) atoms. The van der Waals surface area contributed by atoms with Gasteiger partial charge in [-0.2, -0.15) is 0 Å². The molecule has 0 spiro atoms. The van der Waals surface area contributed by atoms with Gasteiger partial charge in [0.25, 0.3) is 5.91 Å². The first-order valence-electron chi connectivity index (χ1n) is 11.0. The van der Waals surface area contributed by atoms with E-state index in [1.165, 1.54) is 28.8 Å². The summed E-state index contributed by atoms with van der Waals surface area (Å²) in [7, 11) is 0. The molecule has 162 valence electrons. The predicted molar refractivity (Wildman–Crippen MR) is 122 cm³/mol. The zero-order valence-electron chi connectivity index (χ0n) is 18.2. The van der Waals surface area contributed by atoms with Crippen molar-refractivity contribution in [1.82, 2.24) is 19.9 Å². The van der Waals surface area contributed by atoms with E-state index >= 15 is 0 Å². The number of halogens is 1. The number of rotatable bonds is 4. The average Bonchev–Trinajstić information content (AvgIpc) is 3.41. The number of amides is 1. The maximum Gasteiger partial charge on any atom is 0.290 e. The number of hydrogen-bond donors (Lipinski definition) is 1. The van der Waals surface area contributed by atoms with Crippen LogP contribution in [0.1, 0.15) is 57.6 Å². The molecule has 1 fully saturated rings. The highest BCUT2D eigenvalue weighted by Gasteiger charge is 2.33. The molecular formula is C26H25FN4O. The maximum atomic E-state index is 13.5. The summed E-state index contributed by atoms with van der Waals surface area (Å²) in [5.74, 6) is -0.289. The number of benzene rings is 2. The van der Waals surface area contributed by atoms with Crippen molar-refractivity contribution in [2.45, 2.75) is 39.2 Å². The van der Waals surface area contributed by atoms with Crippen molar-refractivity contribution in [3.8, 4) is 0 Å². The first kappa shape index (κ1) is 20.4. The second-order valence-corrected chi connectivity index (χ2v) is 8.55. The number of pyridine rings is 1. The first-order valence-corrected chi connectivity index (χ1v) is 11.0. The second kappa shape index (κ2) is 8.19. The van der Waals surface area contributed by atoms with Gasteiger partial charge in [0.1, 0.15) is 5.82 Å². The molecule has 1 saturated heterocycles. The minimum atomic E-state index is -0.357. The summed E-state index contributed by atoms with van der Waals surface area (Å²) in [6.07, 6.45) is 2.60. The minimum absolute atomic E-state index is 0.0945. The molecule has 0 aliphatic carbocycles. The lowest BCUT2D eigenvalue weighted by molar-refractivity contribution is 0.0722. The molecule has 1 atom stereocenters. The van der Waals surface area contributed by atoms with Crippen molar-refractivity contribution in [3.63, 3.8) is 0 Å². The number of fused-ring (bicyclic) bond motifs is 1. The Morgan fingerprint density at radius 2 is 1.97 bits per heavy atom. The van der Waals surface area contributed by atoms with E-state index in [1.54, 1.807) is 6.07 Å². The molecular weight excluding hydrogens is 403 g/mol. The Balaban J connectivity index is 1.44. The maximum absolute atomic E-state index is 13.5. The van der Waals surface area contributed by atoms with Crippen molar-refractivity contribution in [2.75, 3.05) is 6.54 Å². The molecule has 5 rings (SSSR count). The number of aryl methyl sites for hydroxylation is 2. The number of nitrogens with zero attached hydrogens (tertiary/aromatic N) is 3. The fourth-order valence-corrected chi connectivity index (χ4v) is 4.61. The average molecular weight is 429 g/mol. The Morgan fingerprint density at radius 1 is 1.12 bits per heavy atom. The van der Waals surface area contributed by atoms with Crippen LogP contribution in [0.3, 0.4) is 0 Å². The van der Waals surface area contributed by atoms with Gasteiger partial charge >= 0.3 is 0 Å². The van der Waals surface area contributed by atoms with Crippen LogP contribution in [0.2, 0.25) is 0 Å². The molecule has 1 aliphatic heterocycles. The van der Waals surface area contributed by atoms with E-state index < -0.39 is 0 Å². The van der Waals surface area contributed by atoms with Gasteiger partial charge in [-0.3, -0.25) is 9.78 Å². The monoisotopic (exact) mass is 428 g/mol. The zero-order chi connectivity index (χ0) is 22.2. The van der Waals surface area contributed by atoms with Crippen molar-refractivity contribution in [3.05, 3.63) is 94.3 Å². The van der Waals surface area contributed by atoms with Gasteiger partial charge in [0.2, 0.25) is 0 Å². The molecule has 2 aromatic carbocycles. The molecule has 5 nitrogen and oxygen atoms in total. The molecule has 0 radical (unpaired) electrons. The smallest absolute Gasteiger partial charge is 0.290 e. The lowest BCUT2D eigenvalue weighted by atomic mass is 9.98. The lowest BCUT2D eigenvalue weighted by Gasteiger charge is -2.24. The highest BCUT2D eigenvalue weighted by molar-refractivity contribution is 5.94. The summed E-state index contributed by atoms with van der Waals surface area (Å²) in [5, 5.41) is 0. The molecule has 0 unspecified atom stereocenters. The Bertz CT molecular complexity index is 1310. The summed E-state index contributed by atoms with van der Waals surface area (Å²) in [5.41, 5.74) is 6.73. The van der Waals surface area contributed by atoms with Gasteiger partial charge in [-0.25, -0.2) is 9.37 Å². The fraction of sp³-hybridized carbons (Fsp3) is 0.269. The van der Waals surface area contributed by atoms with Crippen molar-refractivity contribution in [2.24, 2.45) is 0 Å². The van der Waals surface area contributed by atoms with E-state index in [4.69, 9.17) is 4.98 Å². The van der Waals surface area contributed by atoms with Gasteiger partial charge in [-0.1, -0.05) is 24.3 Å². The van der Waals surface area contributed by atoms with Crippen LogP contribution in [0.4, 0.5) is 4.39 Å². The van der Waals surface area contributed by atoms with Crippen molar-refractivity contribution < 1.29 is 9.18 Å². The van der Waals surface area contributed by atoms with E-state index in [0.717, 1.165) is 30.7 Å². The van der Waals surface area contributed by atoms with Crippen LogP contribution in [0.25, 0.3) is 11.0 Å². The van der Waals surface area contributed by atoms with Crippen LogP contribution in [0.15, 0.2) is 54.6 Å². The third kappa shape index (κ3) is 3.88. The molecule has 2 aromatic heterocycles. The Labute approximate surface area is 186 Å². The van der Waals surface area contributed by atoms with Crippen LogP contribution in [0.5, 0.6) is 0 Å². The van der Waals surface area contributed by atoms with E-state index in [0.29, 0.717) is 17.6 Å². The molecule has 6 heteroatoms. The van der Waals surface area contributed by atoms with Crippen LogP contribution in [0, 0.1) is 19.7 Å².